The molecule has 4 nitrogen and oxygen atoms in total. The van der Waals surface area contributed by atoms with Crippen molar-refractivity contribution in [1.82, 2.24) is 15.5 Å². The molecule has 1 aliphatic heterocycles. The van der Waals surface area contributed by atoms with Gasteiger partial charge >= 0.3 is 0 Å². The van der Waals surface area contributed by atoms with Crippen molar-refractivity contribution in [2.24, 2.45) is 4.99 Å². The number of guanidine groups is 1. The Morgan fingerprint density at radius 3 is 2.54 bits per heavy atom. The molecular weight excluding hydrogens is 296 g/mol. The predicted octanol–water partition coefficient (Wildman–Crippen LogP) is 3.40. The Balaban J connectivity index is 1.73. The minimum Gasteiger partial charge on any atom is -0.357 e. The summed E-state index contributed by atoms with van der Waals surface area (Å²) in [4.78, 5) is 7.27. The average Bonchev–Trinajstić information content (AvgIpc) is 2.61. The Morgan fingerprint density at radius 2 is 1.88 bits per heavy atom. The van der Waals surface area contributed by atoms with Gasteiger partial charge in [0.15, 0.2) is 5.96 Å². The first-order valence-corrected chi connectivity index (χ1v) is 9.63. The van der Waals surface area contributed by atoms with Gasteiger partial charge in [-0.25, -0.2) is 0 Å². The van der Waals surface area contributed by atoms with E-state index >= 15 is 0 Å². The Morgan fingerprint density at radius 1 is 1.12 bits per heavy atom. The zero-order chi connectivity index (χ0) is 17.0. The fourth-order valence-electron chi connectivity index (χ4n) is 3.14. The van der Waals surface area contributed by atoms with Crippen LogP contribution in [0.15, 0.2) is 35.3 Å². The van der Waals surface area contributed by atoms with Gasteiger partial charge in [0.25, 0.3) is 0 Å². The number of likely N-dealkylation sites (tertiary alicyclic amines) is 1. The largest absolute Gasteiger partial charge is 0.357 e. The van der Waals surface area contributed by atoms with Crippen molar-refractivity contribution in [1.29, 1.82) is 0 Å². The third-order valence-corrected chi connectivity index (χ3v) is 4.55. The Hall–Kier alpha value is -1.55. The maximum atomic E-state index is 4.71. The van der Waals surface area contributed by atoms with Gasteiger partial charge in [-0.1, -0.05) is 50.1 Å². The molecule has 1 aliphatic rings. The second-order valence-corrected chi connectivity index (χ2v) is 6.65. The molecule has 0 aliphatic carbocycles. The molecule has 4 heteroatoms. The van der Waals surface area contributed by atoms with E-state index in [2.05, 4.69) is 59.7 Å². The third-order valence-electron chi connectivity index (χ3n) is 4.55. The lowest BCUT2D eigenvalue weighted by Crippen LogP contribution is -2.48. The highest BCUT2D eigenvalue weighted by Gasteiger charge is 2.19. The number of benzene rings is 1. The first kappa shape index (κ1) is 18.8. The Kier molecular flexibility index (Phi) is 8.67. The fraction of sp³-hybridized carbons (Fsp3) is 0.650. The van der Waals surface area contributed by atoms with E-state index in [4.69, 9.17) is 4.99 Å². The smallest absolute Gasteiger partial charge is 0.191 e. The number of hydrogen-bond acceptors (Lipinski definition) is 2. The molecule has 2 N–H and O–H groups in total. The van der Waals surface area contributed by atoms with Crippen LogP contribution in [0.1, 0.15) is 51.5 Å². The zero-order valence-corrected chi connectivity index (χ0v) is 15.4. The van der Waals surface area contributed by atoms with Gasteiger partial charge in [0, 0.05) is 38.8 Å². The number of nitrogens with one attached hydrogen (secondary N) is 2. The standard InChI is InChI=1S/C20H34N4/c1-3-5-9-14-22-20(21-4-2)23-19-12-15-24(16-13-19)17-18-10-7-6-8-11-18/h6-8,10-11,19H,3-5,9,12-17H2,1-2H3,(H2,21,22,23). The van der Waals surface area contributed by atoms with Gasteiger partial charge in [-0.3, -0.25) is 9.89 Å². The summed E-state index contributed by atoms with van der Waals surface area (Å²) in [5.41, 5.74) is 1.41. The van der Waals surface area contributed by atoms with Crippen LogP contribution in [-0.4, -0.2) is 43.1 Å². The van der Waals surface area contributed by atoms with E-state index in [0.29, 0.717) is 6.04 Å². The van der Waals surface area contributed by atoms with Crippen molar-refractivity contribution in [3.8, 4) is 0 Å². The summed E-state index contributed by atoms with van der Waals surface area (Å²) in [6, 6.07) is 11.3. The van der Waals surface area contributed by atoms with Gasteiger partial charge < -0.3 is 10.6 Å². The van der Waals surface area contributed by atoms with Crippen LogP contribution in [0.2, 0.25) is 0 Å². The highest BCUT2D eigenvalue weighted by Crippen LogP contribution is 2.13. The summed E-state index contributed by atoms with van der Waals surface area (Å²) < 4.78 is 0. The van der Waals surface area contributed by atoms with E-state index in [0.717, 1.165) is 38.7 Å². The Labute approximate surface area is 147 Å². The van der Waals surface area contributed by atoms with Crippen LogP contribution >= 0.6 is 0 Å². The Bertz CT molecular complexity index is 464. The van der Waals surface area contributed by atoms with Gasteiger partial charge in [-0.15, -0.1) is 0 Å². The highest BCUT2D eigenvalue weighted by atomic mass is 15.2. The zero-order valence-electron chi connectivity index (χ0n) is 15.4. The summed E-state index contributed by atoms with van der Waals surface area (Å²) in [6.45, 7) is 9.59. The van der Waals surface area contributed by atoms with E-state index in [-0.39, 0.29) is 0 Å². The second kappa shape index (κ2) is 11.1. The number of unbranched alkanes of at least 4 members (excludes halogenated alkanes) is 2. The molecule has 0 atom stereocenters. The molecule has 1 heterocycles. The van der Waals surface area contributed by atoms with Gasteiger partial charge in [0.05, 0.1) is 0 Å². The molecule has 0 bridgehead atoms. The van der Waals surface area contributed by atoms with Crippen molar-refractivity contribution >= 4 is 5.96 Å². The quantitative estimate of drug-likeness (QED) is 0.436. The number of rotatable bonds is 8. The fourth-order valence-corrected chi connectivity index (χ4v) is 3.14. The molecule has 1 fully saturated rings. The van der Waals surface area contributed by atoms with Crippen molar-refractivity contribution < 1.29 is 0 Å². The monoisotopic (exact) mass is 330 g/mol. The number of piperidine rings is 1. The third kappa shape index (κ3) is 6.91. The van der Waals surface area contributed by atoms with Gasteiger partial charge in [-0.2, -0.15) is 0 Å². The van der Waals surface area contributed by atoms with E-state index in [9.17, 15) is 0 Å². The average molecular weight is 331 g/mol. The van der Waals surface area contributed by atoms with Crippen LogP contribution in [-0.2, 0) is 6.54 Å². The van der Waals surface area contributed by atoms with Crippen LogP contribution in [0.4, 0.5) is 0 Å². The predicted molar refractivity (Wildman–Crippen MR) is 103 cm³/mol. The first-order chi connectivity index (χ1) is 11.8. The lowest BCUT2D eigenvalue weighted by Gasteiger charge is -2.33. The van der Waals surface area contributed by atoms with Crippen molar-refractivity contribution in [3.63, 3.8) is 0 Å². The lowest BCUT2D eigenvalue weighted by molar-refractivity contribution is 0.198. The van der Waals surface area contributed by atoms with Crippen LogP contribution < -0.4 is 10.6 Å². The molecule has 0 spiro atoms. The van der Waals surface area contributed by atoms with Crippen LogP contribution in [0.25, 0.3) is 0 Å². The number of hydrogen-bond donors (Lipinski definition) is 2. The molecule has 0 radical (unpaired) electrons. The molecule has 1 aromatic rings. The number of aliphatic imine (C=N–C) groups is 1. The van der Waals surface area contributed by atoms with Crippen molar-refractivity contribution in [2.75, 3.05) is 26.2 Å². The maximum Gasteiger partial charge on any atom is 0.191 e. The van der Waals surface area contributed by atoms with Crippen LogP contribution in [0.5, 0.6) is 0 Å². The molecular formula is C20H34N4. The SMILES string of the molecule is CCCCCN=C(NCC)NC1CCN(Cc2ccccc2)CC1. The topological polar surface area (TPSA) is 39.7 Å². The summed E-state index contributed by atoms with van der Waals surface area (Å²) in [5, 5.41) is 7.01. The molecule has 2 rings (SSSR count). The molecule has 0 saturated carbocycles. The molecule has 134 valence electrons. The van der Waals surface area contributed by atoms with E-state index in [1.807, 2.05) is 0 Å². The normalized spacial score (nSPS) is 17.0. The van der Waals surface area contributed by atoms with Gasteiger partial charge in [0.1, 0.15) is 0 Å². The molecule has 24 heavy (non-hydrogen) atoms. The summed E-state index contributed by atoms with van der Waals surface area (Å²) in [7, 11) is 0. The van der Waals surface area contributed by atoms with Crippen molar-refractivity contribution in [2.45, 2.75) is 58.5 Å². The minimum absolute atomic E-state index is 0.543. The van der Waals surface area contributed by atoms with Crippen molar-refractivity contribution in [3.05, 3.63) is 35.9 Å². The van der Waals surface area contributed by atoms with Gasteiger partial charge in [-0.05, 0) is 31.7 Å². The molecule has 0 aromatic heterocycles. The van der Waals surface area contributed by atoms with E-state index in [1.165, 1.54) is 37.7 Å². The van der Waals surface area contributed by atoms with E-state index in [1.54, 1.807) is 0 Å². The van der Waals surface area contributed by atoms with Gasteiger partial charge in [0.2, 0.25) is 0 Å². The summed E-state index contributed by atoms with van der Waals surface area (Å²) >= 11 is 0. The van der Waals surface area contributed by atoms with E-state index < -0.39 is 0 Å². The minimum atomic E-state index is 0.543. The lowest BCUT2D eigenvalue weighted by atomic mass is 10.0. The maximum absolute atomic E-state index is 4.71. The molecule has 0 unspecified atom stereocenters. The first-order valence-electron chi connectivity index (χ1n) is 9.63. The highest BCUT2D eigenvalue weighted by molar-refractivity contribution is 5.80. The second-order valence-electron chi connectivity index (χ2n) is 6.65. The van der Waals surface area contributed by atoms with Crippen LogP contribution in [0, 0.1) is 0 Å². The number of nitrogens with zero attached hydrogens (tertiary/aromatic N) is 2. The molecule has 1 saturated heterocycles. The molecule has 1 aromatic carbocycles. The van der Waals surface area contributed by atoms with Crippen LogP contribution in [0.3, 0.4) is 0 Å². The molecule has 0 amide bonds. The summed E-state index contributed by atoms with van der Waals surface area (Å²) in [6.07, 6.45) is 6.07. The summed E-state index contributed by atoms with van der Waals surface area (Å²) in [5.74, 6) is 0.995.